The second-order valence-electron chi connectivity index (χ2n) is 19.8. The zero-order valence-corrected chi connectivity index (χ0v) is 48.4. The van der Waals surface area contributed by atoms with Gasteiger partial charge in [0.1, 0.15) is 0 Å². The molecular weight excluding hydrogens is 1020 g/mol. The molecule has 19 heteroatoms. The summed E-state index contributed by atoms with van der Waals surface area (Å²) in [6, 6.07) is 20.8. The van der Waals surface area contributed by atoms with Crippen molar-refractivity contribution in [1.29, 1.82) is 5.41 Å². The van der Waals surface area contributed by atoms with Gasteiger partial charge in [-0.1, -0.05) is 36.4 Å². The third-order valence-corrected chi connectivity index (χ3v) is 14.2. The van der Waals surface area contributed by atoms with Gasteiger partial charge < -0.3 is 68.6 Å². The van der Waals surface area contributed by atoms with E-state index in [1.807, 2.05) is 48.2 Å². The molecule has 2 aliphatic rings. The van der Waals surface area contributed by atoms with Crippen LogP contribution in [0.5, 0.6) is 0 Å². The normalized spacial score (nSPS) is 15.2. The van der Waals surface area contributed by atoms with E-state index in [1.165, 1.54) is 11.8 Å². The van der Waals surface area contributed by atoms with E-state index in [0.717, 1.165) is 67.7 Å². The molecule has 4 amide bonds. The number of nitrogens with zero attached hydrogens (tertiary/aromatic N) is 4. The summed E-state index contributed by atoms with van der Waals surface area (Å²) in [7, 11) is 3.40. The first-order valence-electron chi connectivity index (χ1n) is 28.7. The number of benzene rings is 3. The molecule has 1 aliphatic heterocycles. The van der Waals surface area contributed by atoms with Crippen LogP contribution in [0.1, 0.15) is 96.3 Å². The Morgan fingerprint density at radius 2 is 1.32 bits per heavy atom. The molecule has 0 aromatic heterocycles. The van der Waals surface area contributed by atoms with Gasteiger partial charge in [-0.25, -0.2) is 0 Å². The van der Waals surface area contributed by atoms with Crippen molar-refractivity contribution in [2.24, 2.45) is 5.92 Å². The minimum atomic E-state index is -0.594. The van der Waals surface area contributed by atoms with E-state index in [1.54, 1.807) is 43.3 Å². The van der Waals surface area contributed by atoms with Crippen molar-refractivity contribution in [1.82, 2.24) is 20.0 Å². The lowest BCUT2D eigenvalue weighted by Gasteiger charge is -2.27. The zero-order valence-electron chi connectivity index (χ0n) is 48.4. The maximum Gasteiger partial charge on any atom is 0.255 e. The molecule has 3 aromatic carbocycles. The van der Waals surface area contributed by atoms with Gasteiger partial charge in [-0.2, -0.15) is 0 Å². The first kappa shape index (κ1) is 65.2. The average molecular weight is 1110 g/mol. The topological polar surface area (TPSA) is 203 Å². The highest BCUT2D eigenvalue weighted by molar-refractivity contribution is 6.07. The van der Waals surface area contributed by atoms with Crippen LogP contribution in [0, 0.1) is 11.3 Å². The number of rotatable bonds is 39. The molecule has 80 heavy (non-hydrogen) atoms. The summed E-state index contributed by atoms with van der Waals surface area (Å²) in [5, 5.41) is 14.4. The van der Waals surface area contributed by atoms with Gasteiger partial charge in [-0.3, -0.25) is 24.1 Å². The number of fused-ring (bicyclic) bond motifs is 1. The van der Waals surface area contributed by atoms with Gasteiger partial charge in [-0.15, -0.1) is 0 Å². The van der Waals surface area contributed by atoms with Crippen molar-refractivity contribution in [2.75, 3.05) is 176 Å². The lowest BCUT2D eigenvalue weighted by molar-refractivity contribution is -0.132. The number of carbonyl (C=O) groups excluding carboxylic acids is 4. The summed E-state index contributed by atoms with van der Waals surface area (Å²) >= 11 is 0. The van der Waals surface area contributed by atoms with Gasteiger partial charge in [0.15, 0.2) is 0 Å². The predicted octanol–water partition coefficient (Wildman–Crippen LogP) is 6.80. The molecule has 1 aliphatic carbocycles. The van der Waals surface area contributed by atoms with Crippen LogP contribution < -0.4 is 15.5 Å². The Kier molecular flexibility index (Phi) is 31.1. The van der Waals surface area contributed by atoms with E-state index in [4.69, 9.17) is 43.3 Å². The second-order valence-corrected chi connectivity index (χ2v) is 19.8. The SMILES string of the molecule is CCN(CC)c1ccc(NC(=O)c2cccc(C(=O)N(C)CCN3CCCN(C(=O)CCOCCOCCOCCOCCOCCOCCOCCOC)CC3)c2)c(/C(C)=C/C(CC=N)C(=O)N[C@H]2CCCc3ccccc32)c1. The van der Waals surface area contributed by atoms with Gasteiger partial charge >= 0.3 is 0 Å². The molecule has 1 saturated heterocycles. The minimum absolute atomic E-state index is 0.0593. The van der Waals surface area contributed by atoms with Crippen molar-refractivity contribution in [3.05, 3.63) is 101 Å². The molecule has 19 nitrogen and oxygen atoms in total. The number of likely N-dealkylation sites (N-methyl/N-ethyl adjacent to an activating group) is 1. The number of allylic oxidation sites excluding steroid dienone is 1. The molecule has 0 bridgehead atoms. The standard InChI is InChI=1S/C61H91N7O12/c1-6-67(7-2)53-19-20-57(55(47-53)48(3)45-51(21-23-62)60(71)63-56-18-11-14-49-13-8-9-17-54(49)56)64-59(70)50-15-10-16-52(46-50)61(72)65(4)26-27-66-24-12-25-68(29-28-66)58(69)22-30-74-33-34-76-37-38-78-41-42-80-44-43-79-40-39-77-36-35-75-32-31-73-5/h8-10,13,15-17,19-20,23,45-47,51,56,62H,6-7,11-12,14,18,21-22,24-44H2,1-5H3,(H,63,71)(H,64,70)/b48-45+,62-23?/t51?,56-/m0/s1. The Hall–Kier alpha value is -5.61. The average Bonchev–Trinajstić information content (AvgIpc) is 3.73. The first-order chi connectivity index (χ1) is 39.1. The fourth-order valence-corrected chi connectivity index (χ4v) is 9.63. The van der Waals surface area contributed by atoms with Crippen LogP contribution in [0.3, 0.4) is 0 Å². The van der Waals surface area contributed by atoms with E-state index < -0.39 is 5.92 Å². The van der Waals surface area contributed by atoms with Crippen molar-refractivity contribution in [2.45, 2.75) is 65.3 Å². The van der Waals surface area contributed by atoms with E-state index in [9.17, 15) is 19.2 Å². The van der Waals surface area contributed by atoms with Gasteiger partial charge in [0.25, 0.3) is 11.8 Å². The van der Waals surface area contributed by atoms with E-state index in [0.29, 0.717) is 155 Å². The van der Waals surface area contributed by atoms with Gasteiger partial charge in [0.2, 0.25) is 11.8 Å². The number of nitrogens with one attached hydrogen (secondary N) is 3. The van der Waals surface area contributed by atoms with Gasteiger partial charge in [0, 0.05) is 88.0 Å². The largest absolute Gasteiger partial charge is 0.382 e. The van der Waals surface area contributed by atoms with Crippen molar-refractivity contribution in [3.63, 3.8) is 0 Å². The lowest BCUT2D eigenvalue weighted by Crippen LogP contribution is -2.39. The Labute approximate surface area is 475 Å². The molecule has 1 fully saturated rings. The van der Waals surface area contributed by atoms with Crippen LogP contribution in [0.25, 0.3) is 5.57 Å². The van der Waals surface area contributed by atoms with Crippen LogP contribution in [0.4, 0.5) is 11.4 Å². The van der Waals surface area contributed by atoms with Crippen molar-refractivity contribution >= 4 is 46.8 Å². The Bertz CT molecular complexity index is 2350. The summed E-state index contributed by atoms with van der Waals surface area (Å²) in [5.41, 5.74) is 6.25. The fourth-order valence-electron chi connectivity index (χ4n) is 9.63. The van der Waals surface area contributed by atoms with Crippen LogP contribution in [0.2, 0.25) is 0 Å². The van der Waals surface area contributed by atoms with Crippen molar-refractivity contribution < 1.29 is 57.1 Å². The zero-order chi connectivity index (χ0) is 57.2. The third-order valence-electron chi connectivity index (χ3n) is 14.2. The highest BCUT2D eigenvalue weighted by Gasteiger charge is 2.26. The fraction of sp³-hybridized carbons (Fsp3) is 0.590. The van der Waals surface area contributed by atoms with Gasteiger partial charge in [0.05, 0.1) is 117 Å². The number of hydrogen-bond acceptors (Lipinski definition) is 15. The smallest absolute Gasteiger partial charge is 0.255 e. The molecule has 3 aromatic rings. The number of anilines is 2. The molecule has 442 valence electrons. The predicted molar refractivity (Wildman–Crippen MR) is 312 cm³/mol. The number of hydrogen-bond donors (Lipinski definition) is 3. The molecule has 1 heterocycles. The summed E-state index contributed by atoms with van der Waals surface area (Å²) < 4.78 is 43.5. The monoisotopic (exact) mass is 1110 g/mol. The van der Waals surface area contributed by atoms with Crippen LogP contribution >= 0.6 is 0 Å². The Morgan fingerprint density at radius 3 is 1.95 bits per heavy atom. The number of amides is 4. The van der Waals surface area contributed by atoms with Crippen molar-refractivity contribution in [3.8, 4) is 0 Å². The molecule has 1 unspecified atom stereocenters. The van der Waals surface area contributed by atoms with Crippen LogP contribution in [-0.4, -0.2) is 210 Å². The minimum Gasteiger partial charge on any atom is -0.382 e. The van der Waals surface area contributed by atoms with E-state index in [2.05, 4.69) is 46.4 Å². The maximum atomic E-state index is 14.1. The summed E-state index contributed by atoms with van der Waals surface area (Å²) in [4.78, 5) is 62.9. The first-order valence-corrected chi connectivity index (χ1v) is 28.7. The second kappa shape index (κ2) is 38.2. The summed E-state index contributed by atoms with van der Waals surface area (Å²) in [6.45, 7) is 18.7. The highest BCUT2D eigenvalue weighted by Crippen LogP contribution is 2.33. The lowest BCUT2D eigenvalue weighted by atomic mass is 9.87. The summed E-state index contributed by atoms with van der Waals surface area (Å²) in [5.74, 6) is -1.24. The number of methoxy groups -OCH3 is 1. The van der Waals surface area contributed by atoms with E-state index >= 15 is 0 Å². The van der Waals surface area contributed by atoms with Crippen LogP contribution in [0.15, 0.2) is 72.8 Å². The molecule has 2 atom stereocenters. The number of carbonyl (C=O) groups is 4. The highest BCUT2D eigenvalue weighted by atomic mass is 16.6. The molecule has 0 saturated carbocycles. The number of aryl methyl sites for hydroxylation is 1. The van der Waals surface area contributed by atoms with Crippen LogP contribution in [-0.2, 0) is 53.9 Å². The molecule has 0 spiro atoms. The maximum absolute atomic E-state index is 14.1. The molecular formula is C61H91N7O12. The third kappa shape index (κ3) is 23.1. The quantitative estimate of drug-likeness (QED) is 0.0398. The summed E-state index contributed by atoms with van der Waals surface area (Å²) in [6.07, 6.45) is 7.38. The molecule has 0 radical (unpaired) electrons. The Balaban J connectivity index is 0.992. The van der Waals surface area contributed by atoms with Gasteiger partial charge in [-0.05, 0) is 119 Å². The molecule has 3 N–H and O–H groups in total. The molecule has 5 rings (SSSR count). The van der Waals surface area contributed by atoms with E-state index in [-0.39, 0.29) is 36.1 Å². The Morgan fingerprint density at radius 1 is 0.713 bits per heavy atom. The number of ether oxygens (including phenoxy) is 8.